The van der Waals surface area contributed by atoms with Gasteiger partial charge in [0.05, 0.1) is 19.3 Å². The first kappa shape index (κ1) is 18.2. The molecule has 8 heteroatoms. The van der Waals surface area contributed by atoms with E-state index in [1.54, 1.807) is 20.8 Å². The molecule has 0 aromatic rings. The summed E-state index contributed by atoms with van der Waals surface area (Å²) in [5.74, 6) is -2.23. The van der Waals surface area contributed by atoms with E-state index in [4.69, 9.17) is 4.74 Å². The Bertz CT molecular complexity index is 457. The van der Waals surface area contributed by atoms with Crippen LogP contribution in [0.1, 0.15) is 40.0 Å². The Kier molecular flexibility index (Phi) is 5.39. The van der Waals surface area contributed by atoms with E-state index in [9.17, 15) is 24.6 Å². The van der Waals surface area contributed by atoms with E-state index in [0.717, 1.165) is 7.11 Å². The van der Waals surface area contributed by atoms with Crippen LogP contribution in [-0.2, 0) is 19.1 Å². The maximum absolute atomic E-state index is 11.8. The van der Waals surface area contributed by atoms with Gasteiger partial charge in [-0.2, -0.15) is 0 Å². The van der Waals surface area contributed by atoms with Crippen molar-refractivity contribution in [2.24, 2.45) is 5.41 Å². The van der Waals surface area contributed by atoms with Gasteiger partial charge in [-0.3, -0.25) is 9.59 Å². The number of carbonyl (C=O) groups is 3. The third kappa shape index (κ3) is 4.09. The molecule has 1 aliphatic carbocycles. The van der Waals surface area contributed by atoms with Crippen LogP contribution in [0.2, 0.25) is 0 Å². The molecule has 8 nitrogen and oxygen atoms in total. The second-order valence-corrected chi connectivity index (χ2v) is 6.44. The monoisotopic (exact) mass is 317 g/mol. The third-order valence-electron chi connectivity index (χ3n) is 3.59. The molecule has 1 aliphatic rings. The van der Waals surface area contributed by atoms with Gasteiger partial charge in [-0.1, -0.05) is 0 Å². The number of hydrogen-bond acceptors (Lipinski definition) is 6. The summed E-state index contributed by atoms with van der Waals surface area (Å²) in [5.41, 5.74) is -2.46. The highest BCUT2D eigenvalue weighted by atomic mass is 16.6. The fourth-order valence-electron chi connectivity index (χ4n) is 2.49. The fraction of sp³-hybridized carbons (Fsp3) is 0.786. The summed E-state index contributed by atoms with van der Waals surface area (Å²) in [4.78, 5) is 34.9. The maximum Gasteiger partial charge on any atom is 0.407 e. The van der Waals surface area contributed by atoms with Gasteiger partial charge in [-0.05, 0) is 33.6 Å². The van der Waals surface area contributed by atoms with Gasteiger partial charge in [0, 0.05) is 6.42 Å². The highest BCUT2D eigenvalue weighted by molar-refractivity contribution is 5.99. The van der Waals surface area contributed by atoms with Crippen molar-refractivity contribution in [1.29, 1.82) is 0 Å². The van der Waals surface area contributed by atoms with Crippen LogP contribution < -0.4 is 5.32 Å². The smallest absolute Gasteiger partial charge is 0.407 e. The fourth-order valence-corrected chi connectivity index (χ4v) is 2.49. The first-order chi connectivity index (χ1) is 10.0. The summed E-state index contributed by atoms with van der Waals surface area (Å²) in [6.07, 6.45) is -2.11. The van der Waals surface area contributed by atoms with Crippen molar-refractivity contribution < 1.29 is 34.1 Å². The summed E-state index contributed by atoms with van der Waals surface area (Å²) in [7, 11) is 1.10. The molecule has 0 aliphatic heterocycles. The number of methoxy groups -OCH3 is 1. The Morgan fingerprint density at radius 3 is 2.27 bits per heavy atom. The van der Waals surface area contributed by atoms with Gasteiger partial charge in [-0.15, -0.1) is 0 Å². The van der Waals surface area contributed by atoms with Crippen molar-refractivity contribution in [2.45, 2.75) is 57.8 Å². The second kappa shape index (κ2) is 6.51. The summed E-state index contributed by atoms with van der Waals surface area (Å²) in [6, 6.07) is -0.674. The van der Waals surface area contributed by atoms with E-state index in [-0.39, 0.29) is 19.3 Å². The van der Waals surface area contributed by atoms with Crippen LogP contribution in [-0.4, -0.2) is 53.1 Å². The van der Waals surface area contributed by atoms with Gasteiger partial charge in [0.25, 0.3) is 0 Å². The Morgan fingerprint density at radius 1 is 1.27 bits per heavy atom. The standard InChI is InChI=1S/C14H23NO7/c1-13(2,3)22-12(20)15-8-5-6-14(10(17)18,7-9(8)16)11(19)21-4/h8-9,16H,5-7H2,1-4H3,(H,15,20)(H,17,18)/t8-,9-,14-/m1/s1. The summed E-state index contributed by atoms with van der Waals surface area (Å²) >= 11 is 0. The lowest BCUT2D eigenvalue weighted by molar-refractivity contribution is -0.173. The minimum absolute atomic E-state index is 0.0352. The number of carbonyl (C=O) groups excluding carboxylic acids is 2. The molecule has 0 heterocycles. The average molecular weight is 317 g/mol. The first-order valence-corrected chi connectivity index (χ1v) is 7.01. The lowest BCUT2D eigenvalue weighted by Crippen LogP contribution is -2.55. The number of amides is 1. The molecule has 1 rings (SSSR count). The van der Waals surface area contributed by atoms with Crippen LogP contribution in [0.4, 0.5) is 4.79 Å². The van der Waals surface area contributed by atoms with Gasteiger partial charge >= 0.3 is 18.0 Å². The SMILES string of the molecule is COC(=O)[C@]1(C(=O)O)CC[C@@H](NC(=O)OC(C)(C)C)[C@H](O)C1. The molecule has 0 unspecified atom stereocenters. The lowest BCUT2D eigenvalue weighted by atomic mass is 9.71. The van der Waals surface area contributed by atoms with Crippen LogP contribution >= 0.6 is 0 Å². The molecular weight excluding hydrogens is 294 g/mol. The number of rotatable bonds is 3. The van der Waals surface area contributed by atoms with E-state index < -0.39 is 41.2 Å². The molecule has 1 amide bonds. The molecule has 0 radical (unpaired) electrons. The number of ether oxygens (including phenoxy) is 2. The summed E-state index contributed by atoms with van der Waals surface area (Å²) in [6.45, 7) is 5.11. The van der Waals surface area contributed by atoms with Crippen molar-refractivity contribution >= 4 is 18.0 Å². The van der Waals surface area contributed by atoms with Crippen LogP contribution in [0.3, 0.4) is 0 Å². The minimum Gasteiger partial charge on any atom is -0.480 e. The maximum atomic E-state index is 11.8. The van der Waals surface area contributed by atoms with E-state index in [0.29, 0.717) is 0 Å². The number of hydrogen-bond donors (Lipinski definition) is 3. The average Bonchev–Trinajstić information content (AvgIpc) is 2.37. The predicted octanol–water partition coefficient (Wildman–Crippen LogP) is 0.668. The predicted molar refractivity (Wildman–Crippen MR) is 75.1 cm³/mol. The van der Waals surface area contributed by atoms with Crippen molar-refractivity contribution in [2.75, 3.05) is 7.11 Å². The molecule has 22 heavy (non-hydrogen) atoms. The summed E-state index contributed by atoms with van der Waals surface area (Å²) < 4.78 is 9.63. The van der Waals surface area contributed by atoms with E-state index in [1.807, 2.05) is 0 Å². The number of nitrogens with one attached hydrogen (secondary N) is 1. The number of carboxylic acid groups (broad SMARTS) is 1. The Hall–Kier alpha value is -1.83. The second-order valence-electron chi connectivity index (χ2n) is 6.44. The number of aliphatic hydroxyl groups is 1. The van der Waals surface area contributed by atoms with Gasteiger partial charge in [-0.25, -0.2) is 4.79 Å². The number of aliphatic hydroxyl groups excluding tert-OH is 1. The highest BCUT2D eigenvalue weighted by Gasteiger charge is 2.53. The molecule has 0 aromatic carbocycles. The normalized spacial score (nSPS) is 28.6. The topological polar surface area (TPSA) is 122 Å². The minimum atomic E-state index is -1.78. The summed E-state index contributed by atoms with van der Waals surface area (Å²) in [5, 5.41) is 21.9. The van der Waals surface area contributed by atoms with Crippen LogP contribution in [0, 0.1) is 5.41 Å². The van der Waals surface area contributed by atoms with Gasteiger partial charge in [0.15, 0.2) is 5.41 Å². The molecule has 1 fully saturated rings. The van der Waals surface area contributed by atoms with Crippen molar-refractivity contribution in [1.82, 2.24) is 5.32 Å². The molecule has 0 saturated heterocycles. The molecule has 1 saturated carbocycles. The molecule has 3 atom stereocenters. The Labute approximate surface area is 128 Å². The largest absolute Gasteiger partial charge is 0.480 e. The number of aliphatic carboxylic acids is 1. The molecular formula is C14H23NO7. The molecule has 0 aromatic heterocycles. The highest BCUT2D eigenvalue weighted by Crippen LogP contribution is 2.38. The zero-order valence-electron chi connectivity index (χ0n) is 13.2. The van der Waals surface area contributed by atoms with E-state index in [2.05, 4.69) is 10.1 Å². The van der Waals surface area contributed by atoms with Crippen molar-refractivity contribution in [3.63, 3.8) is 0 Å². The third-order valence-corrected chi connectivity index (χ3v) is 3.59. The van der Waals surface area contributed by atoms with Crippen LogP contribution in [0.25, 0.3) is 0 Å². The molecule has 126 valence electrons. The van der Waals surface area contributed by atoms with E-state index in [1.165, 1.54) is 0 Å². The number of carboxylic acids is 1. The van der Waals surface area contributed by atoms with Gasteiger partial charge < -0.3 is 25.0 Å². The van der Waals surface area contributed by atoms with Crippen molar-refractivity contribution in [3.8, 4) is 0 Å². The Balaban J connectivity index is 2.75. The van der Waals surface area contributed by atoms with Crippen LogP contribution in [0.5, 0.6) is 0 Å². The zero-order valence-corrected chi connectivity index (χ0v) is 13.2. The molecule has 0 spiro atoms. The lowest BCUT2D eigenvalue weighted by Gasteiger charge is -2.38. The molecule has 0 bridgehead atoms. The van der Waals surface area contributed by atoms with Crippen LogP contribution in [0.15, 0.2) is 0 Å². The van der Waals surface area contributed by atoms with Gasteiger partial charge in [0.1, 0.15) is 5.60 Å². The Morgan fingerprint density at radius 2 is 1.86 bits per heavy atom. The number of alkyl carbamates (subject to hydrolysis) is 1. The zero-order chi connectivity index (χ0) is 17.1. The van der Waals surface area contributed by atoms with Gasteiger partial charge in [0.2, 0.25) is 0 Å². The first-order valence-electron chi connectivity index (χ1n) is 7.01. The van der Waals surface area contributed by atoms with Crippen molar-refractivity contribution in [3.05, 3.63) is 0 Å². The number of esters is 1. The molecule has 3 N–H and O–H groups in total. The van der Waals surface area contributed by atoms with E-state index >= 15 is 0 Å². The quantitative estimate of drug-likeness (QED) is 0.516.